The molecule has 2 aromatic rings. The van der Waals surface area contributed by atoms with Crippen molar-refractivity contribution >= 4 is 29.6 Å². The van der Waals surface area contributed by atoms with Gasteiger partial charge in [-0.25, -0.2) is 14.5 Å². The Labute approximate surface area is 201 Å². The highest BCUT2D eigenvalue weighted by atomic mass is 16.6. The van der Waals surface area contributed by atoms with Gasteiger partial charge in [0, 0.05) is 43.4 Å². The van der Waals surface area contributed by atoms with Crippen molar-refractivity contribution in [2.24, 2.45) is 0 Å². The van der Waals surface area contributed by atoms with E-state index in [1.165, 1.54) is 13.2 Å². The molecule has 1 aliphatic carbocycles. The molecule has 11 heteroatoms. The fourth-order valence-electron chi connectivity index (χ4n) is 5.22. The maximum atomic E-state index is 13.4. The number of likely N-dealkylation sites (tertiary alicyclic amines) is 1. The summed E-state index contributed by atoms with van der Waals surface area (Å²) >= 11 is 0. The van der Waals surface area contributed by atoms with Crippen LogP contribution >= 0.6 is 0 Å². The lowest BCUT2D eigenvalue weighted by atomic mass is 9.94. The van der Waals surface area contributed by atoms with Gasteiger partial charge in [0.15, 0.2) is 6.20 Å². The fraction of sp³-hybridized carbons (Fsp3) is 0.375. The molecule has 0 saturated carbocycles. The van der Waals surface area contributed by atoms with Crippen molar-refractivity contribution in [3.05, 3.63) is 64.6 Å². The Bertz CT molecular complexity index is 1230. The summed E-state index contributed by atoms with van der Waals surface area (Å²) in [5, 5.41) is 17.4. The maximum Gasteiger partial charge on any atom is 0.418 e. The van der Waals surface area contributed by atoms with Crippen LogP contribution < -0.4 is 15.4 Å². The number of fused-ring (bicyclic) bond motifs is 2. The first-order valence-electron chi connectivity index (χ1n) is 11.5. The molecule has 0 radical (unpaired) electrons. The molecule has 2 N–H and O–H groups in total. The zero-order valence-corrected chi connectivity index (χ0v) is 19.2. The number of carbonyl (C=O) groups excluding carboxylic acids is 4. The highest BCUT2D eigenvalue weighted by Gasteiger charge is 2.58. The summed E-state index contributed by atoms with van der Waals surface area (Å²) in [6.07, 6.45) is 2.60. The summed E-state index contributed by atoms with van der Waals surface area (Å²) in [5.41, 5.74) is 0.887. The predicted octanol–water partition coefficient (Wildman–Crippen LogP) is 1.56. The quantitative estimate of drug-likeness (QED) is 0.505. The van der Waals surface area contributed by atoms with Crippen LogP contribution in [0.1, 0.15) is 42.1 Å². The number of hydrogen-bond acceptors (Lipinski definition) is 6. The molecular weight excluding hydrogens is 454 g/mol. The maximum absolute atomic E-state index is 13.4. The third-order valence-electron chi connectivity index (χ3n) is 6.91. The van der Waals surface area contributed by atoms with E-state index in [4.69, 9.17) is 4.74 Å². The Morgan fingerprint density at radius 2 is 2.09 bits per heavy atom. The van der Waals surface area contributed by atoms with Gasteiger partial charge < -0.3 is 25.5 Å². The van der Waals surface area contributed by atoms with E-state index in [2.05, 4.69) is 10.6 Å². The highest BCUT2D eigenvalue weighted by Crippen LogP contribution is 2.46. The number of benzene rings is 1. The Hall–Kier alpha value is -4.15. The fourth-order valence-corrected chi connectivity index (χ4v) is 5.22. The van der Waals surface area contributed by atoms with E-state index < -0.39 is 36.1 Å². The zero-order chi connectivity index (χ0) is 24.7. The van der Waals surface area contributed by atoms with Gasteiger partial charge in [-0.05, 0) is 43.0 Å². The number of amides is 5. The van der Waals surface area contributed by atoms with Gasteiger partial charge in [-0.15, -0.1) is 0 Å². The molecule has 5 amide bonds. The van der Waals surface area contributed by atoms with Crippen LogP contribution in [-0.4, -0.2) is 53.9 Å². The lowest BCUT2D eigenvalue weighted by molar-refractivity contribution is -0.616. The standard InChI is InChI=1S/C24H25N5O6/c1-25-22(32)26-16-7-8-17-15(13-16)9-10-24(17)21(31)28(23(33)35-24)14-20(30)27-11-4-6-18(27)19-5-2-3-12-29(19)34/h2-3,5,7-8,12-13,18H,4,6,9-11,14H2,1H3,(H2,25,26,32)/t18?,24-/m1/s1. The lowest BCUT2D eigenvalue weighted by Gasteiger charge is -2.25. The summed E-state index contributed by atoms with van der Waals surface area (Å²) in [6.45, 7) is -0.0161. The molecule has 3 aliphatic rings. The first kappa shape index (κ1) is 22.6. The van der Waals surface area contributed by atoms with E-state index in [0.717, 1.165) is 15.2 Å². The van der Waals surface area contributed by atoms with Crippen LogP contribution in [0, 0.1) is 5.21 Å². The number of imide groups is 1. The normalized spacial score (nSPS) is 22.9. The Balaban J connectivity index is 1.34. The molecule has 35 heavy (non-hydrogen) atoms. The molecule has 1 aromatic carbocycles. The topological polar surface area (TPSA) is 135 Å². The minimum Gasteiger partial charge on any atom is -0.618 e. The van der Waals surface area contributed by atoms with Gasteiger partial charge in [0.2, 0.25) is 17.2 Å². The monoisotopic (exact) mass is 479 g/mol. The van der Waals surface area contributed by atoms with Gasteiger partial charge >= 0.3 is 12.1 Å². The number of pyridine rings is 1. The molecule has 2 atom stereocenters. The Kier molecular flexibility index (Phi) is 5.54. The van der Waals surface area contributed by atoms with E-state index >= 15 is 0 Å². The van der Waals surface area contributed by atoms with Crippen molar-refractivity contribution in [3.8, 4) is 0 Å². The van der Waals surface area contributed by atoms with Crippen molar-refractivity contribution in [2.75, 3.05) is 25.5 Å². The molecule has 2 fully saturated rings. The number of aryl methyl sites for hydroxylation is 1. The molecule has 2 saturated heterocycles. The predicted molar refractivity (Wildman–Crippen MR) is 122 cm³/mol. The largest absolute Gasteiger partial charge is 0.618 e. The minimum absolute atomic E-state index is 0.258. The number of rotatable bonds is 4. The van der Waals surface area contributed by atoms with E-state index in [9.17, 15) is 24.4 Å². The summed E-state index contributed by atoms with van der Waals surface area (Å²) in [4.78, 5) is 53.4. The molecule has 1 spiro atoms. The van der Waals surface area contributed by atoms with E-state index in [1.807, 2.05) is 0 Å². The highest BCUT2D eigenvalue weighted by molar-refractivity contribution is 6.06. The second-order valence-corrected chi connectivity index (χ2v) is 8.86. The van der Waals surface area contributed by atoms with Gasteiger partial charge in [0.1, 0.15) is 12.6 Å². The smallest absolute Gasteiger partial charge is 0.418 e. The third-order valence-corrected chi connectivity index (χ3v) is 6.91. The first-order valence-corrected chi connectivity index (χ1v) is 11.5. The zero-order valence-electron chi connectivity index (χ0n) is 19.2. The second kappa shape index (κ2) is 8.57. The number of nitrogens with one attached hydrogen (secondary N) is 2. The molecule has 1 aromatic heterocycles. The number of urea groups is 1. The lowest BCUT2D eigenvalue weighted by Crippen LogP contribution is -2.46. The number of carbonyl (C=O) groups is 4. The van der Waals surface area contributed by atoms with Crippen LogP contribution in [0.3, 0.4) is 0 Å². The van der Waals surface area contributed by atoms with E-state index in [-0.39, 0.29) is 12.5 Å². The number of ether oxygens (including phenoxy) is 1. The van der Waals surface area contributed by atoms with Crippen molar-refractivity contribution in [1.29, 1.82) is 0 Å². The molecule has 1 unspecified atom stereocenters. The minimum atomic E-state index is -1.47. The van der Waals surface area contributed by atoms with Crippen LogP contribution in [-0.2, 0) is 26.3 Å². The van der Waals surface area contributed by atoms with Crippen molar-refractivity contribution < 1.29 is 28.6 Å². The van der Waals surface area contributed by atoms with Gasteiger partial charge in [0.25, 0.3) is 5.91 Å². The SMILES string of the molecule is CNC(=O)Nc1ccc2c(c1)CC[C@@]21OC(=O)N(CC(=O)N2CCCC2c2cccc[n+]2[O-])C1=O. The van der Waals surface area contributed by atoms with E-state index in [0.29, 0.717) is 42.8 Å². The first-order chi connectivity index (χ1) is 16.8. The number of aromatic nitrogens is 1. The second-order valence-electron chi connectivity index (χ2n) is 8.86. The van der Waals surface area contributed by atoms with Crippen molar-refractivity contribution in [3.63, 3.8) is 0 Å². The van der Waals surface area contributed by atoms with Crippen LogP contribution in [0.15, 0.2) is 42.6 Å². The Morgan fingerprint density at radius 3 is 2.86 bits per heavy atom. The van der Waals surface area contributed by atoms with Crippen molar-refractivity contribution in [2.45, 2.75) is 37.3 Å². The van der Waals surface area contributed by atoms with Crippen LogP contribution in [0.2, 0.25) is 0 Å². The van der Waals surface area contributed by atoms with Crippen LogP contribution in [0.5, 0.6) is 0 Å². The van der Waals surface area contributed by atoms with Gasteiger partial charge in [-0.3, -0.25) is 9.59 Å². The van der Waals surface area contributed by atoms with Gasteiger partial charge in [-0.2, -0.15) is 4.73 Å². The van der Waals surface area contributed by atoms with Crippen LogP contribution in [0.25, 0.3) is 0 Å². The van der Waals surface area contributed by atoms with E-state index in [1.54, 1.807) is 41.3 Å². The number of nitrogens with zero attached hydrogens (tertiary/aromatic N) is 3. The van der Waals surface area contributed by atoms with Gasteiger partial charge in [0.05, 0.1) is 0 Å². The summed E-state index contributed by atoms with van der Waals surface area (Å²) in [5.74, 6) is -0.988. The molecule has 2 aliphatic heterocycles. The number of hydrogen-bond donors (Lipinski definition) is 2. The average Bonchev–Trinajstić information content (AvgIpc) is 3.53. The molecule has 0 bridgehead atoms. The molecule has 11 nitrogen and oxygen atoms in total. The average molecular weight is 479 g/mol. The number of anilines is 1. The van der Waals surface area contributed by atoms with Gasteiger partial charge in [-0.1, -0.05) is 6.07 Å². The van der Waals surface area contributed by atoms with Crippen molar-refractivity contribution in [1.82, 2.24) is 15.1 Å². The molecular formula is C24H25N5O6. The summed E-state index contributed by atoms with van der Waals surface area (Å²) in [7, 11) is 1.51. The Morgan fingerprint density at radius 1 is 1.26 bits per heavy atom. The third kappa shape index (κ3) is 3.72. The summed E-state index contributed by atoms with van der Waals surface area (Å²) < 4.78 is 6.35. The molecule has 3 heterocycles. The molecule has 182 valence electrons. The van der Waals surface area contributed by atoms with Crippen LogP contribution in [0.4, 0.5) is 15.3 Å². The summed E-state index contributed by atoms with van der Waals surface area (Å²) in [6, 6.07) is 9.31. The molecule has 5 rings (SSSR count).